The van der Waals surface area contributed by atoms with Gasteiger partial charge in [-0.2, -0.15) is 9.97 Å². The van der Waals surface area contributed by atoms with E-state index in [9.17, 15) is 9.18 Å². The van der Waals surface area contributed by atoms with Crippen LogP contribution in [0.5, 0.6) is 6.01 Å². The summed E-state index contributed by atoms with van der Waals surface area (Å²) in [6.45, 7) is 13.3. The number of fused-ring (bicyclic) bond motifs is 4. The molecule has 2 aliphatic carbocycles. The zero-order valence-electron chi connectivity index (χ0n) is 23.9. The number of likely N-dealkylation sites (tertiary alicyclic amines) is 1. The molecule has 2 aromatic carbocycles. The Morgan fingerprint density at radius 2 is 2.07 bits per heavy atom. The summed E-state index contributed by atoms with van der Waals surface area (Å²) in [5.41, 5.74) is 6.16. The molecule has 3 fully saturated rings. The van der Waals surface area contributed by atoms with Crippen LogP contribution in [0.15, 0.2) is 48.8 Å². The molecule has 0 bridgehead atoms. The monoisotopic (exact) mass is 566 g/mol. The average molecular weight is 567 g/mol. The molecular weight excluding hydrogens is 531 g/mol. The van der Waals surface area contributed by atoms with E-state index in [1.165, 1.54) is 28.0 Å². The minimum Gasteiger partial charge on any atom is -0.462 e. The van der Waals surface area contributed by atoms with Gasteiger partial charge in [-0.25, -0.2) is 11.0 Å². The molecular formula is C33H35FN6O2. The number of anilines is 1. The Morgan fingerprint density at radius 3 is 2.86 bits per heavy atom. The minimum atomic E-state index is -1.00. The number of benzene rings is 2. The second kappa shape index (κ2) is 10.7. The van der Waals surface area contributed by atoms with Crippen LogP contribution in [0.3, 0.4) is 0 Å². The quantitative estimate of drug-likeness (QED) is 0.301. The molecule has 0 spiro atoms. The maximum atomic E-state index is 13.8. The van der Waals surface area contributed by atoms with Gasteiger partial charge in [-0.1, -0.05) is 30.8 Å². The molecule has 4 atom stereocenters. The van der Waals surface area contributed by atoms with Crippen LogP contribution in [-0.4, -0.2) is 84.1 Å². The molecule has 1 saturated carbocycles. The third-order valence-electron chi connectivity index (χ3n) is 9.62. The zero-order chi connectivity index (χ0) is 29.0. The number of piperazine rings is 1. The van der Waals surface area contributed by atoms with Crippen molar-refractivity contribution in [3.8, 4) is 17.1 Å². The molecule has 9 heteroatoms. The van der Waals surface area contributed by atoms with E-state index in [0.29, 0.717) is 37.6 Å². The van der Waals surface area contributed by atoms with Crippen LogP contribution >= 0.6 is 0 Å². The highest BCUT2D eigenvalue weighted by Gasteiger charge is 2.45. The standard InChI is InChI=1S/C33H35FN6O2/c1-20(34)32(41)40-13-12-39(18-24(40)17-35-2)31-27-10-9-21(25-7-4-8-26-28-14-22(28)15-29(25)26)16-30(27)36-33(37-31)42-19-23-6-5-11-38(23)3/h4,7-10,16,22-24,28H,1,5-6,11-15,17-19H2,3H3/t22?,23-,24-,28?/m0/s1. The fourth-order valence-corrected chi connectivity index (χ4v) is 7.22. The first-order chi connectivity index (χ1) is 20.4. The molecule has 216 valence electrons. The molecule has 3 heterocycles. The Kier molecular flexibility index (Phi) is 6.82. The summed E-state index contributed by atoms with van der Waals surface area (Å²) in [7, 11) is 2.12. The van der Waals surface area contributed by atoms with Gasteiger partial charge in [0.05, 0.1) is 5.52 Å². The van der Waals surface area contributed by atoms with Gasteiger partial charge in [-0.15, -0.1) is 0 Å². The maximum Gasteiger partial charge on any atom is 0.319 e. The summed E-state index contributed by atoms with van der Waals surface area (Å²) in [6.07, 6.45) is 4.69. The Morgan fingerprint density at radius 1 is 1.19 bits per heavy atom. The number of nitrogens with zero attached hydrogens (tertiary/aromatic N) is 6. The summed E-state index contributed by atoms with van der Waals surface area (Å²) in [5, 5.41) is 0.885. The Balaban J connectivity index is 1.25. The van der Waals surface area contributed by atoms with Crippen molar-refractivity contribution < 1.29 is 13.9 Å². The highest BCUT2D eigenvalue weighted by molar-refractivity contribution is 5.94. The SMILES string of the molecule is [C-]#[N+]C[C@H]1CN(c2nc(OC[C@@H]3CCCN3C)nc3cc(-c4cccc5c4CC4CC54)ccc23)CCN1C(=O)C(=C)F. The van der Waals surface area contributed by atoms with Gasteiger partial charge in [-0.05, 0) is 85.5 Å². The molecule has 0 N–H and O–H groups in total. The van der Waals surface area contributed by atoms with Gasteiger partial charge in [0.15, 0.2) is 5.83 Å². The van der Waals surface area contributed by atoms with E-state index in [1.807, 2.05) is 0 Å². The van der Waals surface area contributed by atoms with E-state index in [1.54, 1.807) is 0 Å². The topological polar surface area (TPSA) is 66.2 Å². The number of carbonyl (C=O) groups is 1. The van der Waals surface area contributed by atoms with E-state index in [-0.39, 0.29) is 13.1 Å². The van der Waals surface area contributed by atoms with E-state index in [2.05, 4.69) is 64.7 Å². The normalized spacial score (nSPS) is 24.8. The second-order valence-electron chi connectivity index (χ2n) is 12.2. The highest BCUT2D eigenvalue weighted by atomic mass is 19.1. The van der Waals surface area contributed by atoms with Crippen molar-refractivity contribution in [3.63, 3.8) is 0 Å². The fourth-order valence-electron chi connectivity index (χ4n) is 7.22. The molecule has 7 rings (SSSR count). The van der Waals surface area contributed by atoms with Gasteiger partial charge >= 0.3 is 6.01 Å². The first-order valence-corrected chi connectivity index (χ1v) is 14.9. The summed E-state index contributed by atoms with van der Waals surface area (Å²) in [6, 6.07) is 13.2. The van der Waals surface area contributed by atoms with Gasteiger partial charge < -0.3 is 24.3 Å². The Hall–Kier alpha value is -4.03. The van der Waals surface area contributed by atoms with Gasteiger partial charge in [0, 0.05) is 31.1 Å². The van der Waals surface area contributed by atoms with Crippen molar-refractivity contribution in [2.24, 2.45) is 5.92 Å². The van der Waals surface area contributed by atoms with Crippen LogP contribution in [0.25, 0.3) is 26.9 Å². The van der Waals surface area contributed by atoms with Crippen molar-refractivity contribution in [2.45, 2.75) is 43.7 Å². The summed E-state index contributed by atoms with van der Waals surface area (Å²) in [5.74, 6) is 0.482. The molecule has 2 saturated heterocycles. The lowest BCUT2D eigenvalue weighted by Gasteiger charge is -2.39. The third kappa shape index (κ3) is 4.78. The smallest absolute Gasteiger partial charge is 0.319 e. The van der Waals surface area contributed by atoms with Crippen LogP contribution in [0.4, 0.5) is 10.2 Å². The van der Waals surface area contributed by atoms with Gasteiger partial charge in [0.2, 0.25) is 6.54 Å². The predicted molar refractivity (Wildman–Crippen MR) is 160 cm³/mol. The molecule has 4 aliphatic rings. The lowest BCUT2D eigenvalue weighted by Crippen LogP contribution is -2.56. The lowest BCUT2D eigenvalue weighted by molar-refractivity contribution is -0.131. The van der Waals surface area contributed by atoms with Crippen LogP contribution in [-0.2, 0) is 11.2 Å². The molecule has 1 aromatic heterocycles. The second-order valence-corrected chi connectivity index (χ2v) is 12.2. The molecule has 2 unspecified atom stereocenters. The molecule has 1 amide bonds. The van der Waals surface area contributed by atoms with E-state index >= 15 is 0 Å². The number of hydrogen-bond acceptors (Lipinski definition) is 6. The fraction of sp³-hybridized carbons (Fsp3) is 0.455. The van der Waals surface area contributed by atoms with Crippen molar-refractivity contribution in [2.75, 3.05) is 51.3 Å². The third-order valence-corrected chi connectivity index (χ3v) is 9.62. The van der Waals surface area contributed by atoms with Crippen LogP contribution < -0.4 is 9.64 Å². The van der Waals surface area contributed by atoms with Gasteiger partial charge in [0.25, 0.3) is 5.91 Å². The van der Waals surface area contributed by atoms with Crippen molar-refractivity contribution >= 4 is 22.6 Å². The Labute approximate surface area is 245 Å². The average Bonchev–Trinajstić information content (AvgIpc) is 3.49. The number of carbonyl (C=O) groups excluding carboxylic acids is 1. The number of aromatic nitrogens is 2. The van der Waals surface area contributed by atoms with Crippen LogP contribution in [0.2, 0.25) is 0 Å². The van der Waals surface area contributed by atoms with Gasteiger partial charge in [0.1, 0.15) is 18.5 Å². The highest BCUT2D eigenvalue weighted by Crippen LogP contribution is 2.57. The van der Waals surface area contributed by atoms with Crippen molar-refractivity contribution in [1.29, 1.82) is 0 Å². The van der Waals surface area contributed by atoms with Gasteiger partial charge in [-0.3, -0.25) is 4.79 Å². The lowest BCUT2D eigenvalue weighted by atomic mass is 9.94. The number of hydrogen-bond donors (Lipinski definition) is 0. The molecule has 42 heavy (non-hydrogen) atoms. The first-order valence-electron chi connectivity index (χ1n) is 14.9. The van der Waals surface area contributed by atoms with Crippen molar-refractivity contribution in [3.05, 3.63) is 71.3 Å². The van der Waals surface area contributed by atoms with E-state index in [0.717, 1.165) is 54.1 Å². The number of ether oxygens (including phenoxy) is 1. The molecule has 8 nitrogen and oxygen atoms in total. The summed E-state index contributed by atoms with van der Waals surface area (Å²) < 4.78 is 20.0. The number of amides is 1. The molecule has 0 radical (unpaired) electrons. The summed E-state index contributed by atoms with van der Waals surface area (Å²) >= 11 is 0. The molecule has 3 aromatic rings. The Bertz CT molecular complexity index is 1620. The minimum absolute atomic E-state index is 0.0706. The first kappa shape index (κ1) is 26.8. The maximum absolute atomic E-state index is 13.8. The van der Waals surface area contributed by atoms with Crippen molar-refractivity contribution in [1.82, 2.24) is 19.8 Å². The van der Waals surface area contributed by atoms with E-state index < -0.39 is 17.8 Å². The number of likely N-dealkylation sites (N-methyl/N-ethyl adjacent to an activating group) is 1. The predicted octanol–water partition coefficient (Wildman–Crippen LogP) is 4.85. The zero-order valence-corrected chi connectivity index (χ0v) is 23.9. The largest absolute Gasteiger partial charge is 0.462 e. The molecule has 2 aliphatic heterocycles. The van der Waals surface area contributed by atoms with Crippen LogP contribution in [0.1, 0.15) is 36.3 Å². The summed E-state index contributed by atoms with van der Waals surface area (Å²) in [4.78, 5) is 31.6. The number of rotatable bonds is 7. The number of halogens is 1. The van der Waals surface area contributed by atoms with Crippen LogP contribution in [0, 0.1) is 12.5 Å². The van der Waals surface area contributed by atoms with E-state index in [4.69, 9.17) is 21.3 Å².